The molecule has 0 saturated heterocycles. The lowest BCUT2D eigenvalue weighted by Gasteiger charge is -2.12. The second-order valence-electron chi connectivity index (χ2n) is 7.47. The van der Waals surface area contributed by atoms with Crippen LogP contribution < -0.4 is 9.47 Å². The average molecular weight is 453 g/mol. The molecule has 0 unspecified atom stereocenters. The second-order valence-corrected chi connectivity index (χ2v) is 8.31. The number of ketones is 1. The molecule has 0 aromatic heterocycles. The highest BCUT2D eigenvalue weighted by atomic mass is 35.5. The number of benzene rings is 3. The molecule has 0 amide bonds. The Morgan fingerprint density at radius 2 is 1.84 bits per heavy atom. The SMILES string of the molecule is COc1ccc(/C=C/C(=O)c2ccc(Cl)cc2Cl)cc1COc1ccc2c(c1)CCC2. The molecule has 0 fully saturated rings. The van der Waals surface area contributed by atoms with E-state index in [-0.39, 0.29) is 5.78 Å². The molecule has 5 heteroatoms. The summed E-state index contributed by atoms with van der Waals surface area (Å²) in [5.74, 6) is 1.41. The topological polar surface area (TPSA) is 35.5 Å². The van der Waals surface area contributed by atoms with Gasteiger partial charge in [-0.3, -0.25) is 4.79 Å². The van der Waals surface area contributed by atoms with Crippen molar-refractivity contribution in [3.63, 3.8) is 0 Å². The van der Waals surface area contributed by atoms with Crippen molar-refractivity contribution in [2.75, 3.05) is 7.11 Å². The second kappa shape index (κ2) is 9.59. The van der Waals surface area contributed by atoms with Gasteiger partial charge >= 0.3 is 0 Å². The van der Waals surface area contributed by atoms with Gasteiger partial charge in [0.05, 0.1) is 12.1 Å². The number of hydrogen-bond donors (Lipinski definition) is 0. The van der Waals surface area contributed by atoms with Gasteiger partial charge in [0.2, 0.25) is 0 Å². The minimum atomic E-state index is -0.187. The first-order valence-electron chi connectivity index (χ1n) is 10.1. The minimum absolute atomic E-state index is 0.187. The van der Waals surface area contributed by atoms with Crippen LogP contribution in [0.2, 0.25) is 10.0 Å². The lowest BCUT2D eigenvalue weighted by atomic mass is 10.1. The molecule has 0 N–H and O–H groups in total. The summed E-state index contributed by atoms with van der Waals surface area (Å²) in [6.45, 7) is 0.376. The van der Waals surface area contributed by atoms with Crippen molar-refractivity contribution in [2.45, 2.75) is 25.9 Å². The van der Waals surface area contributed by atoms with Gasteiger partial charge < -0.3 is 9.47 Å². The Morgan fingerprint density at radius 1 is 1.00 bits per heavy atom. The number of hydrogen-bond acceptors (Lipinski definition) is 3. The maximum Gasteiger partial charge on any atom is 0.187 e. The third kappa shape index (κ3) is 5.12. The van der Waals surface area contributed by atoms with E-state index in [1.165, 1.54) is 23.6 Å². The van der Waals surface area contributed by atoms with Crippen LogP contribution in [0.5, 0.6) is 11.5 Å². The Kier molecular flexibility index (Phi) is 6.64. The standard InChI is InChI=1S/C26H22Cl2O3/c1-30-26-12-6-17(5-11-25(29)23-10-8-21(27)15-24(23)28)13-20(26)16-31-22-9-7-18-3-2-4-19(18)14-22/h5-15H,2-4,16H2,1H3/b11-5+. The van der Waals surface area contributed by atoms with Gasteiger partial charge in [0.15, 0.2) is 5.78 Å². The average Bonchev–Trinajstić information content (AvgIpc) is 3.24. The molecular weight excluding hydrogens is 431 g/mol. The van der Waals surface area contributed by atoms with E-state index in [2.05, 4.69) is 12.1 Å². The van der Waals surface area contributed by atoms with Crippen LogP contribution in [-0.4, -0.2) is 12.9 Å². The Hall–Kier alpha value is -2.75. The normalized spacial score (nSPS) is 12.7. The number of rotatable bonds is 7. The molecule has 3 nitrogen and oxygen atoms in total. The zero-order valence-electron chi connectivity index (χ0n) is 17.2. The number of carbonyl (C=O) groups excluding carboxylic acids is 1. The third-order valence-corrected chi connectivity index (χ3v) is 5.94. The Balaban J connectivity index is 1.49. The van der Waals surface area contributed by atoms with Crippen LogP contribution in [0, 0.1) is 0 Å². The largest absolute Gasteiger partial charge is 0.496 e. The predicted octanol–water partition coefficient (Wildman–Crippen LogP) is 6.97. The fourth-order valence-electron chi connectivity index (χ4n) is 3.77. The number of halogens is 2. The molecule has 0 saturated carbocycles. The first kappa shape index (κ1) is 21.5. The van der Waals surface area contributed by atoms with Crippen molar-refractivity contribution in [1.82, 2.24) is 0 Å². The van der Waals surface area contributed by atoms with E-state index >= 15 is 0 Å². The number of carbonyl (C=O) groups is 1. The molecule has 3 aromatic rings. The summed E-state index contributed by atoms with van der Waals surface area (Å²) in [7, 11) is 1.63. The van der Waals surface area contributed by atoms with Crippen molar-refractivity contribution in [2.24, 2.45) is 0 Å². The van der Waals surface area contributed by atoms with Crippen molar-refractivity contribution >= 4 is 35.1 Å². The molecule has 0 radical (unpaired) electrons. The Labute approximate surface area is 192 Å². The molecule has 0 atom stereocenters. The first-order valence-corrected chi connectivity index (χ1v) is 10.9. The highest BCUT2D eigenvalue weighted by Gasteiger charge is 2.12. The van der Waals surface area contributed by atoms with Gasteiger partial charge in [0.1, 0.15) is 18.1 Å². The molecule has 1 aliphatic carbocycles. The van der Waals surface area contributed by atoms with Gasteiger partial charge in [-0.15, -0.1) is 0 Å². The zero-order chi connectivity index (χ0) is 21.8. The molecule has 3 aromatic carbocycles. The van der Waals surface area contributed by atoms with Crippen LogP contribution in [0.15, 0.2) is 60.7 Å². The van der Waals surface area contributed by atoms with Crippen molar-refractivity contribution < 1.29 is 14.3 Å². The summed E-state index contributed by atoms with van der Waals surface area (Å²) in [4.78, 5) is 12.5. The van der Waals surface area contributed by atoms with Gasteiger partial charge in [0.25, 0.3) is 0 Å². The van der Waals surface area contributed by atoms with Gasteiger partial charge in [0, 0.05) is 16.1 Å². The highest BCUT2D eigenvalue weighted by Crippen LogP contribution is 2.28. The van der Waals surface area contributed by atoms with Crippen LogP contribution in [0.1, 0.15) is 39.0 Å². The lowest BCUT2D eigenvalue weighted by molar-refractivity contribution is 0.104. The molecular formula is C26H22Cl2O3. The lowest BCUT2D eigenvalue weighted by Crippen LogP contribution is -2.00. The molecule has 4 rings (SSSR count). The summed E-state index contributed by atoms with van der Waals surface area (Å²) in [5.41, 5.74) is 4.98. The zero-order valence-corrected chi connectivity index (χ0v) is 18.7. The van der Waals surface area contributed by atoms with E-state index in [0.29, 0.717) is 22.2 Å². The van der Waals surface area contributed by atoms with Gasteiger partial charge in [-0.05, 0) is 84.5 Å². The molecule has 0 spiro atoms. The minimum Gasteiger partial charge on any atom is -0.496 e. The van der Waals surface area contributed by atoms with Crippen LogP contribution in [0.3, 0.4) is 0 Å². The Bertz CT molecular complexity index is 1150. The summed E-state index contributed by atoms with van der Waals surface area (Å²) in [6.07, 6.45) is 6.73. The third-order valence-electron chi connectivity index (χ3n) is 5.39. The maximum absolute atomic E-state index is 12.5. The van der Waals surface area contributed by atoms with Gasteiger partial charge in [-0.25, -0.2) is 0 Å². The molecule has 0 aliphatic heterocycles. The number of aryl methyl sites for hydroxylation is 2. The van der Waals surface area contributed by atoms with E-state index in [0.717, 1.165) is 35.5 Å². The number of fused-ring (bicyclic) bond motifs is 1. The smallest absolute Gasteiger partial charge is 0.187 e. The number of allylic oxidation sites excluding steroid dienone is 1. The summed E-state index contributed by atoms with van der Waals surface area (Å²) >= 11 is 12.0. The number of methoxy groups -OCH3 is 1. The van der Waals surface area contributed by atoms with E-state index in [4.69, 9.17) is 32.7 Å². The molecule has 31 heavy (non-hydrogen) atoms. The highest BCUT2D eigenvalue weighted by molar-refractivity contribution is 6.37. The maximum atomic E-state index is 12.5. The van der Waals surface area contributed by atoms with Crippen molar-refractivity contribution in [3.05, 3.63) is 98.5 Å². The fraction of sp³-hybridized carbons (Fsp3) is 0.192. The molecule has 158 valence electrons. The molecule has 0 heterocycles. The van der Waals surface area contributed by atoms with Crippen molar-refractivity contribution in [3.8, 4) is 11.5 Å². The molecule has 0 bridgehead atoms. The van der Waals surface area contributed by atoms with Gasteiger partial charge in [-0.1, -0.05) is 41.4 Å². The van der Waals surface area contributed by atoms with E-state index < -0.39 is 0 Å². The monoisotopic (exact) mass is 452 g/mol. The fourth-order valence-corrected chi connectivity index (χ4v) is 4.27. The van der Waals surface area contributed by atoms with E-state index in [9.17, 15) is 4.79 Å². The number of ether oxygens (including phenoxy) is 2. The van der Waals surface area contributed by atoms with Crippen LogP contribution in [-0.2, 0) is 19.4 Å². The summed E-state index contributed by atoms with van der Waals surface area (Å²) < 4.78 is 11.5. The quantitative estimate of drug-likeness (QED) is 0.286. The first-order chi connectivity index (χ1) is 15.0. The van der Waals surface area contributed by atoms with Crippen LogP contribution in [0.25, 0.3) is 6.08 Å². The molecule has 1 aliphatic rings. The van der Waals surface area contributed by atoms with E-state index in [1.54, 1.807) is 31.4 Å². The van der Waals surface area contributed by atoms with Gasteiger partial charge in [-0.2, -0.15) is 0 Å². The predicted molar refractivity (Wildman–Crippen MR) is 126 cm³/mol. The van der Waals surface area contributed by atoms with Crippen molar-refractivity contribution in [1.29, 1.82) is 0 Å². The Morgan fingerprint density at radius 3 is 2.65 bits per heavy atom. The van der Waals surface area contributed by atoms with E-state index in [1.807, 2.05) is 24.3 Å². The summed E-state index contributed by atoms with van der Waals surface area (Å²) in [6, 6.07) is 16.9. The van der Waals surface area contributed by atoms with Crippen LogP contribution >= 0.6 is 23.2 Å². The van der Waals surface area contributed by atoms with Crippen LogP contribution in [0.4, 0.5) is 0 Å². The summed E-state index contributed by atoms with van der Waals surface area (Å²) in [5, 5.41) is 0.828.